The lowest BCUT2D eigenvalue weighted by Gasteiger charge is -2.15. The fraction of sp³-hybridized carbons (Fsp3) is 0.364. The van der Waals surface area contributed by atoms with Crippen LogP contribution in [0.5, 0.6) is 0 Å². The Morgan fingerprint density at radius 3 is 2.57 bits per heavy atom. The number of carboxylic acid groups (broad SMARTS) is 1. The van der Waals surface area contributed by atoms with Crippen molar-refractivity contribution in [2.75, 3.05) is 0 Å². The monoisotopic (exact) mass is 320 g/mol. The van der Waals surface area contributed by atoms with Gasteiger partial charge in [-0.15, -0.1) is 0 Å². The Bertz CT molecular complexity index is 661. The third-order valence-electron chi connectivity index (χ3n) is 2.66. The van der Waals surface area contributed by atoms with Crippen molar-refractivity contribution in [3.63, 3.8) is 0 Å². The van der Waals surface area contributed by atoms with Crippen molar-refractivity contribution < 1.29 is 27.6 Å². The molecule has 10 heteroatoms. The molecule has 0 saturated carbocycles. The van der Waals surface area contributed by atoms with Crippen LogP contribution in [0.4, 0.5) is 10.1 Å². The molecule has 0 heterocycles. The molecule has 1 aromatic rings. The molecule has 0 amide bonds. The van der Waals surface area contributed by atoms with Crippen LogP contribution in [0.1, 0.15) is 19.8 Å². The molecule has 1 atom stereocenters. The van der Waals surface area contributed by atoms with Crippen molar-refractivity contribution in [3.8, 4) is 0 Å². The first kappa shape index (κ1) is 17.0. The van der Waals surface area contributed by atoms with Gasteiger partial charge in [-0.25, -0.2) is 13.1 Å². The second kappa shape index (κ2) is 6.59. The van der Waals surface area contributed by atoms with Gasteiger partial charge in [-0.2, -0.15) is 4.39 Å². The topological polar surface area (TPSA) is 127 Å². The average Bonchev–Trinajstić information content (AvgIpc) is 2.36. The zero-order valence-corrected chi connectivity index (χ0v) is 11.8. The normalized spacial score (nSPS) is 12.9. The molecule has 8 nitrogen and oxygen atoms in total. The molecular weight excluding hydrogens is 307 g/mol. The Kier molecular flexibility index (Phi) is 5.33. The van der Waals surface area contributed by atoms with Gasteiger partial charge in [0.1, 0.15) is 0 Å². The maximum absolute atomic E-state index is 13.4. The van der Waals surface area contributed by atoms with Gasteiger partial charge >= 0.3 is 11.7 Å². The minimum Gasteiger partial charge on any atom is -0.481 e. The minimum absolute atomic E-state index is 0.223. The first-order chi connectivity index (χ1) is 9.67. The second-order valence-electron chi connectivity index (χ2n) is 4.19. The fourth-order valence-electron chi connectivity index (χ4n) is 1.57. The van der Waals surface area contributed by atoms with Crippen molar-refractivity contribution >= 4 is 21.7 Å². The zero-order valence-electron chi connectivity index (χ0n) is 10.9. The number of sulfonamides is 1. The summed E-state index contributed by atoms with van der Waals surface area (Å²) in [6, 6.07) is 1.29. The van der Waals surface area contributed by atoms with E-state index in [4.69, 9.17) is 5.11 Å². The van der Waals surface area contributed by atoms with Crippen molar-refractivity contribution in [2.24, 2.45) is 0 Å². The SMILES string of the molecule is CCC(CC(=O)O)NS(=O)(=O)c1ccc([N+](=O)[O-])c(F)c1. The highest BCUT2D eigenvalue weighted by Crippen LogP contribution is 2.21. The van der Waals surface area contributed by atoms with Crippen molar-refractivity contribution in [1.29, 1.82) is 0 Å². The van der Waals surface area contributed by atoms with E-state index in [0.29, 0.717) is 6.07 Å². The first-order valence-corrected chi connectivity index (χ1v) is 7.33. The molecule has 1 aromatic carbocycles. The number of nitrogens with one attached hydrogen (secondary N) is 1. The Balaban J connectivity index is 3.05. The summed E-state index contributed by atoms with van der Waals surface area (Å²) >= 11 is 0. The van der Waals surface area contributed by atoms with Gasteiger partial charge in [0.15, 0.2) is 0 Å². The summed E-state index contributed by atoms with van der Waals surface area (Å²) in [5.74, 6) is -2.46. The van der Waals surface area contributed by atoms with Crippen LogP contribution in [0.25, 0.3) is 0 Å². The number of carboxylic acids is 1. The van der Waals surface area contributed by atoms with Crippen molar-refractivity contribution in [2.45, 2.75) is 30.7 Å². The van der Waals surface area contributed by atoms with Gasteiger partial charge in [-0.05, 0) is 12.5 Å². The Labute approximate surface area is 119 Å². The van der Waals surface area contributed by atoms with E-state index in [-0.39, 0.29) is 6.42 Å². The summed E-state index contributed by atoms with van der Waals surface area (Å²) in [5.41, 5.74) is -0.841. The summed E-state index contributed by atoms with van der Waals surface area (Å²) in [7, 11) is -4.16. The maximum atomic E-state index is 13.4. The van der Waals surface area contributed by atoms with E-state index in [1.165, 1.54) is 0 Å². The fourth-order valence-corrected chi connectivity index (χ4v) is 2.90. The largest absolute Gasteiger partial charge is 0.481 e. The van der Waals surface area contributed by atoms with Gasteiger partial charge in [0.2, 0.25) is 15.8 Å². The zero-order chi connectivity index (χ0) is 16.2. The van der Waals surface area contributed by atoms with Gasteiger partial charge in [0, 0.05) is 18.2 Å². The van der Waals surface area contributed by atoms with E-state index in [0.717, 1.165) is 12.1 Å². The maximum Gasteiger partial charge on any atom is 0.304 e. The summed E-state index contributed by atoms with van der Waals surface area (Å²) in [6.45, 7) is 1.59. The van der Waals surface area contributed by atoms with E-state index < -0.39 is 49.8 Å². The number of nitro groups is 1. The number of benzene rings is 1. The highest BCUT2D eigenvalue weighted by molar-refractivity contribution is 7.89. The summed E-state index contributed by atoms with van der Waals surface area (Å²) in [6.07, 6.45) is -0.202. The molecule has 21 heavy (non-hydrogen) atoms. The van der Waals surface area contributed by atoms with Gasteiger partial charge < -0.3 is 5.11 Å². The van der Waals surface area contributed by atoms with Crippen LogP contribution in [0.2, 0.25) is 0 Å². The molecule has 0 radical (unpaired) electrons. The molecule has 0 spiro atoms. The van der Waals surface area contributed by atoms with Gasteiger partial charge in [-0.3, -0.25) is 14.9 Å². The van der Waals surface area contributed by atoms with Crippen molar-refractivity contribution in [3.05, 3.63) is 34.1 Å². The number of aliphatic carboxylic acids is 1. The molecule has 0 bridgehead atoms. The molecule has 0 aliphatic heterocycles. The van der Waals surface area contributed by atoms with Gasteiger partial charge in [0.05, 0.1) is 16.2 Å². The number of nitrogens with zero attached hydrogens (tertiary/aromatic N) is 1. The summed E-state index contributed by atoms with van der Waals surface area (Å²) in [5, 5.41) is 19.1. The number of hydrogen-bond acceptors (Lipinski definition) is 5. The van der Waals surface area contributed by atoms with Crippen LogP contribution in [0.15, 0.2) is 23.1 Å². The molecule has 116 valence electrons. The lowest BCUT2D eigenvalue weighted by Crippen LogP contribution is -2.36. The molecule has 1 rings (SSSR count). The number of halogens is 1. The lowest BCUT2D eigenvalue weighted by molar-refractivity contribution is -0.387. The van der Waals surface area contributed by atoms with Gasteiger partial charge in [0.25, 0.3) is 0 Å². The number of rotatable bonds is 7. The number of hydrogen-bond donors (Lipinski definition) is 2. The van der Waals surface area contributed by atoms with E-state index in [2.05, 4.69) is 4.72 Å². The highest BCUT2D eigenvalue weighted by atomic mass is 32.2. The minimum atomic E-state index is -4.16. The third-order valence-corrected chi connectivity index (χ3v) is 4.18. The van der Waals surface area contributed by atoms with Crippen LogP contribution < -0.4 is 4.72 Å². The third kappa shape index (κ3) is 4.46. The smallest absolute Gasteiger partial charge is 0.304 e. The summed E-state index contributed by atoms with van der Waals surface area (Å²) in [4.78, 5) is 19.6. The van der Waals surface area contributed by atoms with E-state index in [1.807, 2.05) is 0 Å². The van der Waals surface area contributed by atoms with E-state index in [1.54, 1.807) is 6.92 Å². The number of carbonyl (C=O) groups is 1. The summed E-state index contributed by atoms with van der Waals surface area (Å²) < 4.78 is 39.5. The van der Waals surface area contributed by atoms with Crippen LogP contribution in [-0.2, 0) is 14.8 Å². The molecule has 2 N–H and O–H groups in total. The predicted molar refractivity (Wildman–Crippen MR) is 69.7 cm³/mol. The average molecular weight is 320 g/mol. The quantitative estimate of drug-likeness (QED) is 0.575. The molecule has 0 aromatic heterocycles. The van der Waals surface area contributed by atoms with Crippen LogP contribution in [-0.4, -0.2) is 30.5 Å². The highest BCUT2D eigenvalue weighted by Gasteiger charge is 2.24. The van der Waals surface area contributed by atoms with Gasteiger partial charge in [-0.1, -0.05) is 6.92 Å². The molecule has 1 unspecified atom stereocenters. The molecule has 0 fully saturated rings. The second-order valence-corrected chi connectivity index (χ2v) is 5.91. The van der Waals surface area contributed by atoms with Crippen LogP contribution in [0, 0.1) is 15.9 Å². The molecule has 0 saturated heterocycles. The number of nitro benzene ring substituents is 1. The Morgan fingerprint density at radius 2 is 2.14 bits per heavy atom. The molecule has 0 aliphatic rings. The molecule has 0 aliphatic carbocycles. The van der Waals surface area contributed by atoms with E-state index >= 15 is 0 Å². The van der Waals surface area contributed by atoms with Crippen LogP contribution in [0.3, 0.4) is 0 Å². The van der Waals surface area contributed by atoms with Crippen LogP contribution >= 0.6 is 0 Å². The Morgan fingerprint density at radius 1 is 1.52 bits per heavy atom. The lowest BCUT2D eigenvalue weighted by atomic mass is 10.2. The predicted octanol–water partition coefficient (Wildman–Crippen LogP) is 1.27. The molecular formula is C11H13FN2O6S. The van der Waals surface area contributed by atoms with E-state index in [9.17, 15) is 27.7 Å². The van der Waals surface area contributed by atoms with Crippen molar-refractivity contribution in [1.82, 2.24) is 4.72 Å². The Hall–Kier alpha value is -2.07. The first-order valence-electron chi connectivity index (χ1n) is 5.85. The standard InChI is InChI=1S/C11H13FN2O6S/c1-2-7(5-11(15)16)13-21(19,20)8-3-4-10(14(17)18)9(12)6-8/h3-4,6-7,13H,2,5H2,1H3,(H,15,16).